The molecule has 186 valence electrons. The number of hydrogen-bond donors (Lipinski definition) is 2. The second-order valence-electron chi connectivity index (χ2n) is 8.66. The van der Waals surface area contributed by atoms with Crippen LogP contribution < -0.4 is 5.73 Å². The summed E-state index contributed by atoms with van der Waals surface area (Å²) in [6, 6.07) is 13.6. The summed E-state index contributed by atoms with van der Waals surface area (Å²) >= 11 is 1.27. The van der Waals surface area contributed by atoms with E-state index in [-0.39, 0.29) is 37.6 Å². The lowest BCUT2D eigenvalue weighted by Gasteiger charge is -2.28. The van der Waals surface area contributed by atoms with Gasteiger partial charge in [-0.15, -0.1) is 11.3 Å². The molecule has 0 saturated heterocycles. The molecule has 0 saturated carbocycles. The summed E-state index contributed by atoms with van der Waals surface area (Å²) in [6.07, 6.45) is -0.128. The number of carbonyl (C=O) groups is 2. The Bertz CT molecular complexity index is 1160. The highest BCUT2D eigenvalue weighted by molar-refractivity contribution is 7.14. The third-order valence-electron chi connectivity index (χ3n) is 5.76. The van der Waals surface area contributed by atoms with Crippen LogP contribution in [0.15, 0.2) is 54.6 Å². The van der Waals surface area contributed by atoms with Gasteiger partial charge in [-0.25, -0.2) is 8.78 Å². The highest BCUT2D eigenvalue weighted by Gasteiger charge is 2.24. The van der Waals surface area contributed by atoms with Crippen LogP contribution in [0.2, 0.25) is 0 Å². The van der Waals surface area contributed by atoms with Crippen LogP contribution >= 0.6 is 11.3 Å². The number of carbonyl (C=O) groups excluding carboxylic acids is 2. The van der Waals surface area contributed by atoms with Crippen molar-refractivity contribution < 1.29 is 23.5 Å². The van der Waals surface area contributed by atoms with E-state index in [0.717, 1.165) is 28.5 Å². The third-order valence-corrected chi connectivity index (χ3v) is 6.94. The fourth-order valence-electron chi connectivity index (χ4n) is 3.84. The van der Waals surface area contributed by atoms with Crippen molar-refractivity contribution in [3.8, 4) is 0 Å². The van der Waals surface area contributed by atoms with E-state index in [0.29, 0.717) is 10.4 Å². The molecule has 0 spiro atoms. The Morgan fingerprint density at radius 3 is 2.34 bits per heavy atom. The number of nitrogens with zero attached hydrogens (tertiary/aromatic N) is 1. The van der Waals surface area contributed by atoms with E-state index in [1.807, 2.05) is 31.2 Å². The van der Waals surface area contributed by atoms with Crippen LogP contribution in [-0.4, -0.2) is 40.4 Å². The fraction of sp³-hybridized carbons (Fsp3) is 0.333. The molecule has 1 heterocycles. The van der Waals surface area contributed by atoms with Gasteiger partial charge in [0.05, 0.1) is 17.4 Å². The summed E-state index contributed by atoms with van der Waals surface area (Å²) in [6.45, 7) is 3.76. The first kappa shape index (κ1) is 26.7. The molecule has 0 aliphatic rings. The molecule has 3 N–H and O–H groups in total. The minimum absolute atomic E-state index is 0.0426. The Hall–Kier alpha value is -2.94. The maximum absolute atomic E-state index is 13.5. The van der Waals surface area contributed by atoms with Gasteiger partial charge in [-0.1, -0.05) is 31.2 Å². The quantitative estimate of drug-likeness (QED) is 0.385. The molecule has 8 heteroatoms. The van der Waals surface area contributed by atoms with E-state index in [4.69, 9.17) is 5.73 Å². The van der Waals surface area contributed by atoms with Crippen LogP contribution in [0.25, 0.3) is 0 Å². The van der Waals surface area contributed by atoms with Crippen LogP contribution in [0.3, 0.4) is 0 Å². The number of hydrogen-bond acceptors (Lipinski definition) is 5. The molecule has 2 unspecified atom stereocenters. The third kappa shape index (κ3) is 7.78. The molecule has 0 fully saturated rings. The van der Waals surface area contributed by atoms with Gasteiger partial charge in [0.2, 0.25) is 5.91 Å². The van der Waals surface area contributed by atoms with Crippen molar-refractivity contribution >= 4 is 23.0 Å². The van der Waals surface area contributed by atoms with E-state index in [1.54, 1.807) is 17.0 Å². The van der Waals surface area contributed by atoms with Gasteiger partial charge >= 0.3 is 0 Å². The largest absolute Gasteiger partial charge is 0.390 e. The first-order valence-corrected chi connectivity index (χ1v) is 12.3. The van der Waals surface area contributed by atoms with Crippen molar-refractivity contribution in [3.05, 3.63) is 92.7 Å². The second-order valence-corrected chi connectivity index (χ2v) is 9.83. The second kappa shape index (κ2) is 12.2. The lowest BCUT2D eigenvalue weighted by Crippen LogP contribution is -2.46. The normalized spacial score (nSPS) is 12.9. The maximum Gasteiger partial charge on any atom is 0.228 e. The molecule has 1 aromatic heterocycles. The number of nitrogens with two attached hydrogens (primary N) is 1. The number of ketones is 1. The van der Waals surface area contributed by atoms with Gasteiger partial charge in [-0.2, -0.15) is 0 Å². The number of aliphatic hydroxyl groups is 1. The zero-order valence-corrected chi connectivity index (χ0v) is 20.7. The monoisotopic (exact) mass is 500 g/mol. The maximum atomic E-state index is 13.5. The highest BCUT2D eigenvalue weighted by Crippen LogP contribution is 2.20. The van der Waals surface area contributed by atoms with Crippen LogP contribution in [0.4, 0.5) is 8.78 Å². The number of amides is 1. The molecule has 0 aliphatic heterocycles. The Morgan fingerprint density at radius 1 is 1.03 bits per heavy atom. The summed E-state index contributed by atoms with van der Waals surface area (Å²) in [5.74, 6) is -1.70. The van der Waals surface area contributed by atoms with Crippen LogP contribution in [0.1, 0.15) is 45.1 Å². The summed E-state index contributed by atoms with van der Waals surface area (Å²) in [4.78, 5) is 27.7. The molecule has 2 aromatic carbocycles. The molecular formula is C27H30F2N2O3S. The fourth-order valence-corrected chi connectivity index (χ4v) is 4.74. The first-order valence-electron chi connectivity index (χ1n) is 11.5. The van der Waals surface area contributed by atoms with Gasteiger partial charge in [-0.05, 0) is 60.7 Å². The van der Waals surface area contributed by atoms with Crippen molar-refractivity contribution in [2.75, 3.05) is 6.54 Å². The van der Waals surface area contributed by atoms with E-state index in [2.05, 4.69) is 0 Å². The van der Waals surface area contributed by atoms with E-state index >= 15 is 0 Å². The van der Waals surface area contributed by atoms with Gasteiger partial charge < -0.3 is 15.7 Å². The number of thiophene rings is 1. The predicted octanol–water partition coefficient (Wildman–Crippen LogP) is 4.29. The summed E-state index contributed by atoms with van der Waals surface area (Å²) in [5.41, 5.74) is 8.54. The standard InChI is InChI=1S/C27H30F2N2O3S/c1-3-18-5-4-6-19(9-18)15-31(27(34)14-23-7-8-26(35-23)17(2)32)16-25(33)24(30)12-20-10-21(28)13-22(29)11-20/h4-11,13,24-25,33H,3,12,14-16,30H2,1-2H3. The number of halogens is 2. The van der Waals surface area contributed by atoms with E-state index in [1.165, 1.54) is 30.4 Å². The molecular weight excluding hydrogens is 470 g/mol. The van der Waals surface area contributed by atoms with Crippen molar-refractivity contribution in [1.82, 2.24) is 4.90 Å². The lowest BCUT2D eigenvalue weighted by molar-refractivity contribution is -0.132. The summed E-state index contributed by atoms with van der Waals surface area (Å²) in [5, 5.41) is 10.8. The molecule has 0 radical (unpaired) electrons. The zero-order valence-electron chi connectivity index (χ0n) is 19.8. The molecule has 0 bridgehead atoms. The minimum Gasteiger partial charge on any atom is -0.390 e. The Morgan fingerprint density at radius 2 is 1.71 bits per heavy atom. The molecule has 2 atom stereocenters. The Balaban J connectivity index is 1.76. The Kier molecular flexibility index (Phi) is 9.26. The topological polar surface area (TPSA) is 83.6 Å². The zero-order chi connectivity index (χ0) is 25.5. The minimum atomic E-state index is -1.12. The highest BCUT2D eigenvalue weighted by atomic mass is 32.1. The molecule has 5 nitrogen and oxygen atoms in total. The average Bonchev–Trinajstić information content (AvgIpc) is 3.26. The first-order chi connectivity index (χ1) is 16.6. The smallest absolute Gasteiger partial charge is 0.228 e. The Labute approximate surface area is 208 Å². The summed E-state index contributed by atoms with van der Waals surface area (Å²) in [7, 11) is 0. The van der Waals surface area contributed by atoms with E-state index in [9.17, 15) is 23.5 Å². The average molecular weight is 501 g/mol. The van der Waals surface area contributed by atoms with Gasteiger partial charge in [0.1, 0.15) is 11.6 Å². The van der Waals surface area contributed by atoms with Crippen LogP contribution in [0, 0.1) is 11.6 Å². The number of aliphatic hydroxyl groups excluding tert-OH is 1. The summed E-state index contributed by atoms with van der Waals surface area (Å²) < 4.78 is 27.1. The van der Waals surface area contributed by atoms with Crippen molar-refractivity contribution in [1.29, 1.82) is 0 Å². The van der Waals surface area contributed by atoms with Gasteiger partial charge in [0, 0.05) is 30.1 Å². The van der Waals surface area contributed by atoms with Gasteiger partial charge in [0.15, 0.2) is 5.78 Å². The number of benzene rings is 2. The number of Topliss-reactive ketones (excluding diaryl/α,β-unsaturated/α-hetero) is 1. The molecule has 3 aromatic rings. The predicted molar refractivity (Wildman–Crippen MR) is 133 cm³/mol. The van der Waals surface area contributed by atoms with Crippen molar-refractivity contribution in [2.45, 2.75) is 51.8 Å². The van der Waals surface area contributed by atoms with E-state index < -0.39 is 23.8 Å². The van der Waals surface area contributed by atoms with Gasteiger partial charge in [0.25, 0.3) is 0 Å². The van der Waals surface area contributed by atoms with Crippen molar-refractivity contribution in [2.24, 2.45) is 5.73 Å². The SMILES string of the molecule is CCc1cccc(CN(CC(O)C(N)Cc2cc(F)cc(F)c2)C(=O)Cc2ccc(C(C)=O)s2)c1. The van der Waals surface area contributed by atoms with Gasteiger partial charge in [-0.3, -0.25) is 9.59 Å². The molecule has 0 aliphatic carbocycles. The van der Waals surface area contributed by atoms with Crippen LogP contribution in [-0.2, 0) is 30.6 Å². The molecule has 35 heavy (non-hydrogen) atoms. The van der Waals surface area contributed by atoms with Crippen molar-refractivity contribution in [3.63, 3.8) is 0 Å². The number of rotatable bonds is 11. The van der Waals surface area contributed by atoms with Crippen LogP contribution in [0.5, 0.6) is 0 Å². The number of aryl methyl sites for hydroxylation is 1. The molecule has 3 rings (SSSR count). The molecule has 1 amide bonds. The lowest BCUT2D eigenvalue weighted by atomic mass is 10.0.